The molecule has 0 aromatic heterocycles. The molecule has 0 saturated heterocycles. The Balaban J connectivity index is -0.0000000747. The van der Waals surface area contributed by atoms with Crippen LogP contribution in [0.2, 0.25) is 27.6 Å². The third-order valence-corrected chi connectivity index (χ3v) is 19.6. The van der Waals surface area contributed by atoms with E-state index in [1.807, 2.05) is 0 Å². The van der Waals surface area contributed by atoms with E-state index >= 15 is 0 Å². The van der Waals surface area contributed by atoms with Crippen LogP contribution in [-0.4, -0.2) is 39.5 Å². The van der Waals surface area contributed by atoms with Gasteiger partial charge in [-0.2, -0.15) is 0 Å². The van der Waals surface area contributed by atoms with Crippen LogP contribution in [0, 0.1) is 47.3 Å². The topological polar surface area (TPSA) is 95.2 Å². The Kier molecular flexibility index (Phi) is 94.1. The van der Waals surface area contributed by atoms with Crippen molar-refractivity contribution in [1.82, 2.24) is 0 Å². The maximum absolute atomic E-state index is 6.25. The fraction of sp³-hybridized carbons (Fsp3) is 0.867. The van der Waals surface area contributed by atoms with Crippen molar-refractivity contribution < 1.29 is 16.5 Å². The van der Waals surface area contributed by atoms with Crippen LogP contribution in [-0.2, 0) is 16.5 Å². The van der Waals surface area contributed by atoms with Crippen molar-refractivity contribution in [2.24, 2.45) is 0 Å². The molecule has 0 bridgehead atoms. The average molecular weight is 771 g/mol. The first-order valence-corrected chi connectivity index (χ1v) is 27.9. The zero-order valence-electron chi connectivity index (χ0n) is 25.2. The zero-order chi connectivity index (χ0) is 29.3. The fourth-order valence-electron chi connectivity index (χ4n) is 3.62. The van der Waals surface area contributed by atoms with E-state index in [1.165, 1.54) is 89.9 Å². The van der Waals surface area contributed by atoms with Gasteiger partial charge in [-0.05, 0) is 0 Å². The van der Waals surface area contributed by atoms with Gasteiger partial charge in [-0.3, -0.25) is 0 Å². The van der Waals surface area contributed by atoms with Gasteiger partial charge in [-0.15, -0.1) is 0 Å². The smallest absolute Gasteiger partial charge is 0.512 e. The van der Waals surface area contributed by atoms with Crippen molar-refractivity contribution in [2.45, 2.75) is 158 Å². The third kappa shape index (κ3) is 72.3. The summed E-state index contributed by atoms with van der Waals surface area (Å²) in [6.07, 6.45) is 23.6. The van der Waals surface area contributed by atoms with E-state index in [9.17, 15) is 0 Å². The number of unbranched alkanes of at least 4 members (excludes halogenated alkanes) is 12. The van der Waals surface area contributed by atoms with Crippen molar-refractivity contribution >= 4 is 39.5 Å². The van der Waals surface area contributed by atoms with Crippen LogP contribution < -0.4 is 0 Å². The molecule has 0 fully saturated rings. The van der Waals surface area contributed by atoms with Crippen molar-refractivity contribution in [3.8, 4) is 0 Å². The Bertz CT molecular complexity index is 365. The Morgan fingerprint density at radius 1 is 0.351 bits per heavy atom. The molecule has 0 heterocycles. The van der Waals surface area contributed by atoms with Crippen LogP contribution in [0.3, 0.4) is 0 Å². The molecule has 0 rings (SSSR count). The summed E-state index contributed by atoms with van der Waals surface area (Å²) in [5, 5.41) is 25.0. The molecule has 37 heavy (non-hydrogen) atoms. The van der Waals surface area contributed by atoms with Crippen molar-refractivity contribution in [2.75, 3.05) is 0 Å². The predicted octanol–water partition coefficient (Wildman–Crippen LogP) is 10.9. The molecule has 0 unspecified atom stereocenters. The monoisotopic (exact) mass is 772 g/mol. The summed E-state index contributed by atoms with van der Waals surface area (Å²) in [5.74, 6) is 0. The minimum atomic E-state index is -0.799. The molecule has 0 amide bonds. The SMILES string of the molecule is CCCCCCC[CH2][Sn+]([CH3])[CH2]CCC.CCCCCCC[CH2][Sn+]([CH3])[CH2]CCC.[C-]#N.[C-]#N.[C-]#N.[C-]#N.[Ni+2]. The van der Waals surface area contributed by atoms with E-state index < -0.39 is 39.5 Å². The fourth-order valence-corrected chi connectivity index (χ4v) is 15.4. The third-order valence-electron chi connectivity index (χ3n) is 5.83. The van der Waals surface area contributed by atoms with Crippen molar-refractivity contribution in [1.29, 1.82) is 21.0 Å². The van der Waals surface area contributed by atoms with Gasteiger partial charge in [0.15, 0.2) is 0 Å². The number of rotatable bonds is 20. The summed E-state index contributed by atoms with van der Waals surface area (Å²) in [5.41, 5.74) is 0. The molecule has 0 aliphatic carbocycles. The average Bonchev–Trinajstić information content (AvgIpc) is 2.95. The molecular formula is C30H58N4NiSn2. The van der Waals surface area contributed by atoms with Gasteiger partial charge in [-0.25, -0.2) is 0 Å². The van der Waals surface area contributed by atoms with E-state index in [0.29, 0.717) is 0 Å². The van der Waals surface area contributed by atoms with Gasteiger partial charge >= 0.3 is 214 Å². The first kappa shape index (κ1) is 53.3. The molecule has 0 N–H and O–H groups in total. The summed E-state index contributed by atoms with van der Waals surface area (Å²) in [7, 11) is 0. The zero-order valence-corrected chi connectivity index (χ0v) is 31.9. The van der Waals surface area contributed by atoms with Crippen LogP contribution >= 0.6 is 0 Å². The number of hydrogen-bond donors (Lipinski definition) is 0. The first-order chi connectivity index (χ1) is 17.6. The van der Waals surface area contributed by atoms with Crippen LogP contribution in [0.25, 0.3) is 0 Å². The van der Waals surface area contributed by atoms with Gasteiger partial charge < -0.3 is 47.3 Å². The second-order valence-corrected chi connectivity index (χ2v) is 25.8. The van der Waals surface area contributed by atoms with Gasteiger partial charge in [-0.1, -0.05) is 0 Å². The van der Waals surface area contributed by atoms with Gasteiger partial charge in [0, 0.05) is 0 Å². The first-order valence-electron chi connectivity index (χ1n) is 14.1. The number of hydrogen-bond acceptors (Lipinski definition) is 4. The molecule has 0 aromatic carbocycles. The molecule has 0 aliphatic rings. The predicted molar refractivity (Wildman–Crippen MR) is 159 cm³/mol. The standard InChI is InChI=1S/2C8H17.2C4H9.4CN.2CH3.Ni.2Sn/c2*1-3-5-7-8-6-4-2;2*1-3-4-2;4*1-2;;;;;/h2*1,3-8H2,2H3;2*1,3-4H2,2H3;;;;;2*1H3;;;/q;;;;4*-1;;;+2;2*+1. The molecule has 4 nitrogen and oxygen atoms in total. The summed E-state index contributed by atoms with van der Waals surface area (Å²) >= 11 is -1.60. The van der Waals surface area contributed by atoms with Crippen LogP contribution in [0.15, 0.2) is 0 Å². The molecule has 216 valence electrons. The summed E-state index contributed by atoms with van der Waals surface area (Å²) in [4.78, 5) is 5.23. The van der Waals surface area contributed by atoms with Crippen LogP contribution in [0.4, 0.5) is 0 Å². The van der Waals surface area contributed by atoms with E-state index in [0.717, 1.165) is 0 Å². The van der Waals surface area contributed by atoms with Crippen molar-refractivity contribution in [3.63, 3.8) is 0 Å². The largest absolute Gasteiger partial charge is 2.00 e. The summed E-state index contributed by atoms with van der Waals surface area (Å²) in [6.45, 7) is 28.2. The molecule has 0 aromatic rings. The van der Waals surface area contributed by atoms with E-state index in [2.05, 4.69) is 37.6 Å². The van der Waals surface area contributed by atoms with E-state index in [4.69, 9.17) is 47.3 Å². The minimum Gasteiger partial charge on any atom is -0.512 e. The second-order valence-electron chi connectivity index (χ2n) is 9.16. The maximum Gasteiger partial charge on any atom is 2.00 e. The Labute approximate surface area is 259 Å². The second kappa shape index (κ2) is 65.3. The molecule has 0 aliphatic heterocycles. The Morgan fingerprint density at radius 3 is 0.784 bits per heavy atom. The van der Waals surface area contributed by atoms with Crippen molar-refractivity contribution in [3.05, 3.63) is 26.3 Å². The van der Waals surface area contributed by atoms with E-state index in [-0.39, 0.29) is 16.5 Å². The van der Waals surface area contributed by atoms with Gasteiger partial charge in [0.25, 0.3) is 0 Å². The summed E-state index contributed by atoms with van der Waals surface area (Å²) < 4.78 is 6.62. The van der Waals surface area contributed by atoms with Gasteiger partial charge in [0.05, 0.1) is 0 Å². The maximum atomic E-state index is 6.25. The van der Waals surface area contributed by atoms with Crippen LogP contribution in [0.1, 0.15) is 130 Å². The normalized spacial score (nSPS) is 8.16. The molecule has 0 atom stereocenters. The molecule has 0 spiro atoms. The van der Waals surface area contributed by atoms with Crippen LogP contribution in [0.5, 0.6) is 0 Å². The molecule has 0 saturated carbocycles. The molecular weight excluding hydrogens is 712 g/mol. The summed E-state index contributed by atoms with van der Waals surface area (Å²) in [6, 6.07) is 0. The minimum absolute atomic E-state index is 0. The molecule has 0 radical (unpaired) electrons. The molecule has 7 heteroatoms. The van der Waals surface area contributed by atoms with E-state index in [1.54, 1.807) is 30.6 Å². The number of nitrogens with zero attached hydrogens (tertiary/aromatic N) is 4. The Morgan fingerprint density at radius 2 is 0.541 bits per heavy atom. The Hall–Kier alpha value is 0.0509. The van der Waals surface area contributed by atoms with Gasteiger partial charge in [0.2, 0.25) is 0 Å². The van der Waals surface area contributed by atoms with Gasteiger partial charge in [0.1, 0.15) is 0 Å². The quantitative estimate of drug-likeness (QED) is 0.0700.